The summed E-state index contributed by atoms with van der Waals surface area (Å²) in [5, 5.41) is 9.08. The largest absolute Gasteiger partial charge is 0.421 e. The van der Waals surface area contributed by atoms with Gasteiger partial charge in [0.25, 0.3) is 10.0 Å². The zero-order chi connectivity index (χ0) is 16.6. The van der Waals surface area contributed by atoms with Gasteiger partial charge in [0, 0.05) is 12.3 Å². The minimum Gasteiger partial charge on any atom is -0.421 e. The van der Waals surface area contributed by atoms with Crippen LogP contribution >= 0.6 is 22.9 Å². The molecule has 3 aromatic rings. The number of rotatable bonds is 4. The van der Waals surface area contributed by atoms with Crippen LogP contribution in [0.2, 0.25) is 5.02 Å². The van der Waals surface area contributed by atoms with Crippen LogP contribution in [0.3, 0.4) is 0 Å². The molecule has 3 rings (SSSR count). The Labute approximate surface area is 140 Å². The van der Waals surface area contributed by atoms with E-state index in [1.54, 1.807) is 12.3 Å². The summed E-state index contributed by atoms with van der Waals surface area (Å²) >= 11 is 6.82. The first kappa shape index (κ1) is 15.9. The predicted molar refractivity (Wildman–Crippen MR) is 84.6 cm³/mol. The van der Waals surface area contributed by atoms with Gasteiger partial charge in [-0.05, 0) is 24.3 Å². The number of aryl methyl sites for hydroxylation is 1. The minimum atomic E-state index is -3.86. The Balaban J connectivity index is 1.89. The highest BCUT2D eigenvalue weighted by atomic mass is 35.5. The number of hydrogen-bond donors (Lipinski definition) is 1. The molecule has 23 heavy (non-hydrogen) atoms. The molecule has 0 aliphatic carbocycles. The van der Waals surface area contributed by atoms with E-state index in [2.05, 4.69) is 14.9 Å². The number of nitrogens with zero attached hydrogens (tertiary/aromatic N) is 2. The van der Waals surface area contributed by atoms with Crippen LogP contribution in [0.25, 0.3) is 11.5 Å². The van der Waals surface area contributed by atoms with Crippen molar-refractivity contribution in [1.29, 1.82) is 0 Å². The van der Waals surface area contributed by atoms with E-state index < -0.39 is 15.8 Å². The van der Waals surface area contributed by atoms with Crippen molar-refractivity contribution < 1.29 is 17.2 Å². The first-order valence-electron chi connectivity index (χ1n) is 6.22. The summed E-state index contributed by atoms with van der Waals surface area (Å²) < 4.78 is 45.4. The molecule has 0 saturated carbocycles. The van der Waals surface area contributed by atoms with E-state index in [0.717, 1.165) is 23.5 Å². The molecule has 0 fully saturated rings. The predicted octanol–water partition coefficient (Wildman–Crippen LogP) is 3.70. The first-order valence-corrected chi connectivity index (χ1v) is 8.96. The van der Waals surface area contributed by atoms with E-state index in [-0.39, 0.29) is 20.8 Å². The summed E-state index contributed by atoms with van der Waals surface area (Å²) in [7, 11) is -3.86. The number of benzene rings is 1. The van der Waals surface area contributed by atoms with Gasteiger partial charge in [-0.15, -0.1) is 21.5 Å². The topological polar surface area (TPSA) is 85.1 Å². The van der Waals surface area contributed by atoms with E-state index >= 15 is 0 Å². The molecule has 0 radical (unpaired) electrons. The molecule has 10 heteroatoms. The van der Waals surface area contributed by atoms with Gasteiger partial charge in [-0.3, -0.25) is 4.72 Å². The van der Waals surface area contributed by atoms with Crippen LogP contribution in [-0.4, -0.2) is 18.6 Å². The lowest BCUT2D eigenvalue weighted by atomic mass is 10.3. The van der Waals surface area contributed by atoms with Crippen LogP contribution in [0.15, 0.2) is 38.3 Å². The van der Waals surface area contributed by atoms with Gasteiger partial charge in [0.15, 0.2) is 0 Å². The zero-order valence-corrected chi connectivity index (χ0v) is 14.0. The quantitative estimate of drug-likeness (QED) is 0.753. The fourth-order valence-electron chi connectivity index (χ4n) is 1.75. The number of aromatic nitrogens is 2. The maximum atomic E-state index is 13.0. The normalized spacial score (nSPS) is 11.6. The number of nitrogens with one attached hydrogen (secondary N) is 1. The Hall–Kier alpha value is -1.97. The highest BCUT2D eigenvalue weighted by Crippen LogP contribution is 2.30. The maximum absolute atomic E-state index is 13.0. The van der Waals surface area contributed by atoms with Crippen LogP contribution in [0.1, 0.15) is 5.89 Å². The second kappa shape index (κ2) is 5.91. The summed E-state index contributed by atoms with van der Waals surface area (Å²) in [6.07, 6.45) is 0. The van der Waals surface area contributed by atoms with Gasteiger partial charge < -0.3 is 4.42 Å². The minimum absolute atomic E-state index is 0.0297. The Morgan fingerprint density at radius 2 is 2.09 bits per heavy atom. The number of hydrogen-bond acceptors (Lipinski definition) is 6. The lowest BCUT2D eigenvalue weighted by molar-refractivity contribution is 0.533. The van der Waals surface area contributed by atoms with Gasteiger partial charge >= 0.3 is 0 Å². The van der Waals surface area contributed by atoms with Gasteiger partial charge in [0.05, 0.1) is 16.3 Å². The van der Waals surface area contributed by atoms with E-state index in [1.165, 1.54) is 12.1 Å². The Morgan fingerprint density at radius 3 is 2.74 bits per heavy atom. The van der Waals surface area contributed by atoms with Crippen LogP contribution in [0.4, 0.5) is 10.1 Å². The molecule has 0 saturated heterocycles. The van der Waals surface area contributed by atoms with Crippen LogP contribution in [0, 0.1) is 12.7 Å². The molecule has 0 bridgehead atoms. The lowest BCUT2D eigenvalue weighted by Gasteiger charge is -2.07. The van der Waals surface area contributed by atoms with E-state index in [4.69, 9.17) is 16.0 Å². The molecule has 2 aromatic heterocycles. The second-order valence-electron chi connectivity index (χ2n) is 4.51. The number of sulfonamides is 1. The molecule has 0 unspecified atom stereocenters. The van der Waals surface area contributed by atoms with Crippen molar-refractivity contribution >= 4 is 38.6 Å². The molecule has 1 aromatic carbocycles. The lowest BCUT2D eigenvalue weighted by Crippen LogP contribution is -2.11. The highest BCUT2D eigenvalue weighted by molar-refractivity contribution is 7.94. The SMILES string of the molecule is Cc1nnc(-c2csc(S(=O)(=O)Nc3ccc(F)cc3Cl)c2)o1. The summed E-state index contributed by atoms with van der Waals surface area (Å²) in [6, 6.07) is 4.81. The Kier molecular flexibility index (Phi) is 4.09. The van der Waals surface area contributed by atoms with Gasteiger partial charge in [-0.1, -0.05) is 11.6 Å². The second-order valence-corrected chi connectivity index (χ2v) is 7.74. The molecule has 0 spiro atoms. The van der Waals surface area contributed by atoms with Crippen LogP contribution in [0.5, 0.6) is 0 Å². The van der Waals surface area contributed by atoms with Crippen molar-refractivity contribution in [3.05, 3.63) is 46.4 Å². The number of thiophene rings is 1. The molecular weight excluding hydrogens is 365 g/mol. The molecule has 6 nitrogen and oxygen atoms in total. The smallest absolute Gasteiger partial charge is 0.271 e. The van der Waals surface area contributed by atoms with Crippen molar-refractivity contribution in [2.24, 2.45) is 0 Å². The monoisotopic (exact) mass is 373 g/mol. The molecule has 0 aliphatic rings. The molecular formula is C13H9ClFN3O3S2. The van der Waals surface area contributed by atoms with Gasteiger partial charge in [-0.25, -0.2) is 12.8 Å². The zero-order valence-electron chi connectivity index (χ0n) is 11.6. The van der Waals surface area contributed by atoms with E-state index in [1.807, 2.05) is 0 Å². The summed E-state index contributed by atoms with van der Waals surface area (Å²) in [4.78, 5) is 0. The summed E-state index contributed by atoms with van der Waals surface area (Å²) in [5.74, 6) is 0.0648. The number of halogens is 2. The van der Waals surface area contributed by atoms with Gasteiger partial charge in [-0.2, -0.15) is 0 Å². The van der Waals surface area contributed by atoms with Crippen molar-refractivity contribution in [1.82, 2.24) is 10.2 Å². The van der Waals surface area contributed by atoms with Crippen molar-refractivity contribution in [2.45, 2.75) is 11.1 Å². The van der Waals surface area contributed by atoms with Crippen molar-refractivity contribution in [2.75, 3.05) is 4.72 Å². The summed E-state index contributed by atoms with van der Waals surface area (Å²) in [5.41, 5.74) is 0.595. The standard InChI is InChI=1S/C13H9ClFN3O3S2/c1-7-16-17-13(21-7)8-4-12(22-6-8)23(19,20)18-11-3-2-9(15)5-10(11)14/h2-6,18H,1H3. The molecule has 0 aliphatic heterocycles. The van der Waals surface area contributed by atoms with E-state index in [0.29, 0.717) is 11.5 Å². The van der Waals surface area contributed by atoms with Crippen LogP contribution < -0.4 is 4.72 Å². The van der Waals surface area contributed by atoms with Gasteiger partial charge in [0.1, 0.15) is 10.0 Å². The first-order chi connectivity index (χ1) is 10.8. The molecule has 120 valence electrons. The van der Waals surface area contributed by atoms with E-state index in [9.17, 15) is 12.8 Å². The van der Waals surface area contributed by atoms with Crippen molar-refractivity contribution in [3.63, 3.8) is 0 Å². The third-order valence-electron chi connectivity index (χ3n) is 2.79. The number of anilines is 1. The Bertz CT molecular complexity index is 969. The average Bonchev–Trinajstić information content (AvgIpc) is 3.10. The van der Waals surface area contributed by atoms with Gasteiger partial charge in [0.2, 0.25) is 11.8 Å². The summed E-state index contributed by atoms with van der Waals surface area (Å²) in [6.45, 7) is 1.64. The third-order valence-corrected chi connectivity index (χ3v) is 5.91. The molecule has 1 N–H and O–H groups in total. The fourth-order valence-corrected chi connectivity index (χ4v) is 4.25. The molecule has 0 atom stereocenters. The maximum Gasteiger partial charge on any atom is 0.271 e. The third kappa shape index (κ3) is 3.36. The fraction of sp³-hybridized carbons (Fsp3) is 0.0769. The van der Waals surface area contributed by atoms with Crippen molar-refractivity contribution in [3.8, 4) is 11.5 Å². The average molecular weight is 374 g/mol. The molecule has 2 heterocycles. The Morgan fingerprint density at radius 1 is 1.30 bits per heavy atom. The molecule has 0 amide bonds. The highest BCUT2D eigenvalue weighted by Gasteiger charge is 2.20. The van der Waals surface area contributed by atoms with Crippen LogP contribution in [-0.2, 0) is 10.0 Å².